The molecule has 0 aliphatic carbocycles. The molecule has 1 aromatic carbocycles. The Hall–Kier alpha value is -2.40. The number of hydrogen-bond donors (Lipinski definition) is 2. The van der Waals surface area contributed by atoms with E-state index in [4.69, 9.17) is 15.6 Å². The molecule has 2 aromatic rings. The maximum atomic E-state index is 11.0. The highest BCUT2D eigenvalue weighted by Crippen LogP contribution is 2.16. The Morgan fingerprint density at radius 3 is 2.75 bits per heavy atom. The van der Waals surface area contributed by atoms with Crippen LogP contribution in [0.4, 0.5) is 0 Å². The van der Waals surface area contributed by atoms with E-state index < -0.39 is 5.97 Å². The number of nitrogens with two attached hydrogens (primary N) is 1. The molecule has 0 spiro atoms. The maximum Gasteiger partial charge on any atom is 0.341 e. The van der Waals surface area contributed by atoms with Crippen molar-refractivity contribution < 1.29 is 14.6 Å². The van der Waals surface area contributed by atoms with Gasteiger partial charge in [0.05, 0.1) is 0 Å². The molecule has 1 aromatic heterocycles. The summed E-state index contributed by atoms with van der Waals surface area (Å²) in [6, 6.07) is 11.2. The summed E-state index contributed by atoms with van der Waals surface area (Å²) in [6.45, 7) is 0.249. The second-order valence-corrected chi connectivity index (χ2v) is 4.44. The monoisotopic (exact) mass is 272 g/mol. The van der Waals surface area contributed by atoms with Gasteiger partial charge in [0.25, 0.3) is 0 Å². The van der Waals surface area contributed by atoms with Gasteiger partial charge in [0.1, 0.15) is 17.9 Å². The molecular formula is C15H16N2O3. The molecule has 104 valence electrons. The molecule has 0 saturated carbocycles. The minimum atomic E-state index is -1.07. The lowest BCUT2D eigenvalue weighted by molar-refractivity contribution is 0.0691. The van der Waals surface area contributed by atoms with Gasteiger partial charge in [0, 0.05) is 18.4 Å². The number of carboxylic acid groups (broad SMARTS) is 1. The van der Waals surface area contributed by atoms with Gasteiger partial charge in [-0.2, -0.15) is 0 Å². The van der Waals surface area contributed by atoms with Crippen LogP contribution in [0.2, 0.25) is 0 Å². The molecule has 0 amide bonds. The first-order valence-corrected chi connectivity index (χ1v) is 6.26. The van der Waals surface area contributed by atoms with Crippen LogP contribution in [0, 0.1) is 0 Å². The van der Waals surface area contributed by atoms with Gasteiger partial charge >= 0.3 is 5.97 Å². The van der Waals surface area contributed by atoms with Crippen molar-refractivity contribution in [1.82, 2.24) is 4.98 Å². The number of nitrogens with zero attached hydrogens (tertiary/aromatic N) is 1. The van der Waals surface area contributed by atoms with Gasteiger partial charge in [0.2, 0.25) is 0 Å². The van der Waals surface area contributed by atoms with Crippen LogP contribution in [0.25, 0.3) is 0 Å². The average molecular weight is 272 g/mol. The van der Waals surface area contributed by atoms with Crippen molar-refractivity contribution in [1.29, 1.82) is 0 Å². The summed E-state index contributed by atoms with van der Waals surface area (Å²) >= 11 is 0. The summed E-state index contributed by atoms with van der Waals surface area (Å²) in [5.74, 6) is -0.777. The predicted molar refractivity (Wildman–Crippen MR) is 74.8 cm³/mol. The van der Waals surface area contributed by atoms with Gasteiger partial charge in [-0.25, -0.2) is 4.79 Å². The van der Waals surface area contributed by atoms with Crippen LogP contribution in [0.15, 0.2) is 48.8 Å². The SMILES string of the molecule is NC(COc1ccncc1C(=O)O)Cc1ccccc1. The molecule has 0 radical (unpaired) electrons. The Kier molecular flexibility index (Phi) is 4.68. The first-order valence-electron chi connectivity index (χ1n) is 6.26. The first-order chi connectivity index (χ1) is 9.66. The second kappa shape index (κ2) is 6.68. The minimum absolute atomic E-state index is 0.0411. The lowest BCUT2D eigenvalue weighted by Gasteiger charge is -2.14. The fourth-order valence-electron chi connectivity index (χ4n) is 1.84. The van der Waals surface area contributed by atoms with E-state index in [9.17, 15) is 4.79 Å². The Bertz CT molecular complexity index is 572. The van der Waals surface area contributed by atoms with Crippen LogP contribution >= 0.6 is 0 Å². The third-order valence-corrected chi connectivity index (χ3v) is 2.81. The van der Waals surface area contributed by atoms with Crippen molar-refractivity contribution >= 4 is 5.97 Å². The number of benzene rings is 1. The van der Waals surface area contributed by atoms with E-state index in [1.807, 2.05) is 30.3 Å². The maximum absolute atomic E-state index is 11.0. The van der Waals surface area contributed by atoms with Gasteiger partial charge in [-0.05, 0) is 18.1 Å². The number of rotatable bonds is 6. The standard InChI is InChI=1S/C15H16N2O3/c16-12(8-11-4-2-1-3-5-11)10-20-14-6-7-17-9-13(14)15(18)19/h1-7,9,12H,8,10,16H2,(H,18,19). The molecule has 0 aliphatic heterocycles. The molecule has 1 atom stereocenters. The first kappa shape index (κ1) is 14.0. The molecule has 0 aliphatic rings. The zero-order valence-corrected chi connectivity index (χ0v) is 10.9. The minimum Gasteiger partial charge on any atom is -0.491 e. The van der Waals surface area contributed by atoms with Gasteiger partial charge in [-0.15, -0.1) is 0 Å². The van der Waals surface area contributed by atoms with E-state index in [1.54, 1.807) is 0 Å². The van der Waals surface area contributed by atoms with Crippen molar-refractivity contribution in [2.45, 2.75) is 12.5 Å². The van der Waals surface area contributed by atoms with Gasteiger partial charge in [0.15, 0.2) is 0 Å². The quantitative estimate of drug-likeness (QED) is 0.836. The van der Waals surface area contributed by atoms with Crippen molar-refractivity contribution in [3.8, 4) is 5.75 Å². The number of pyridine rings is 1. The van der Waals surface area contributed by atoms with Crippen molar-refractivity contribution in [2.24, 2.45) is 5.73 Å². The topological polar surface area (TPSA) is 85.4 Å². The van der Waals surface area contributed by atoms with E-state index in [-0.39, 0.29) is 24.0 Å². The summed E-state index contributed by atoms with van der Waals surface area (Å²) in [7, 11) is 0. The van der Waals surface area contributed by atoms with E-state index >= 15 is 0 Å². The molecule has 3 N–H and O–H groups in total. The van der Waals surface area contributed by atoms with Crippen LogP contribution in [0.1, 0.15) is 15.9 Å². The Morgan fingerprint density at radius 2 is 2.05 bits per heavy atom. The zero-order valence-electron chi connectivity index (χ0n) is 10.9. The zero-order chi connectivity index (χ0) is 14.4. The van der Waals surface area contributed by atoms with Gasteiger partial charge in [-0.1, -0.05) is 30.3 Å². The largest absolute Gasteiger partial charge is 0.491 e. The van der Waals surface area contributed by atoms with E-state index in [1.165, 1.54) is 18.5 Å². The van der Waals surface area contributed by atoms with Crippen molar-refractivity contribution in [2.75, 3.05) is 6.61 Å². The molecule has 0 fully saturated rings. The Balaban J connectivity index is 1.94. The number of carbonyl (C=O) groups is 1. The molecule has 20 heavy (non-hydrogen) atoms. The van der Waals surface area contributed by atoms with Crippen LogP contribution in [0.5, 0.6) is 5.75 Å². The summed E-state index contributed by atoms with van der Waals surface area (Å²) in [5, 5.41) is 9.01. The number of aromatic carboxylic acids is 1. The summed E-state index contributed by atoms with van der Waals surface area (Å²) in [5.41, 5.74) is 7.15. The lowest BCUT2D eigenvalue weighted by atomic mass is 10.1. The fraction of sp³-hybridized carbons (Fsp3) is 0.200. The average Bonchev–Trinajstić information content (AvgIpc) is 2.46. The van der Waals surface area contributed by atoms with Crippen LogP contribution in [-0.4, -0.2) is 28.7 Å². The Morgan fingerprint density at radius 1 is 1.30 bits per heavy atom. The molecule has 0 bridgehead atoms. The molecule has 5 nitrogen and oxygen atoms in total. The molecule has 1 unspecified atom stereocenters. The lowest BCUT2D eigenvalue weighted by Crippen LogP contribution is -2.30. The predicted octanol–water partition coefficient (Wildman–Crippen LogP) is 1.73. The molecule has 5 heteroatoms. The highest BCUT2D eigenvalue weighted by Gasteiger charge is 2.12. The molecule has 1 heterocycles. The third-order valence-electron chi connectivity index (χ3n) is 2.81. The summed E-state index contributed by atoms with van der Waals surface area (Å²) in [4.78, 5) is 14.8. The van der Waals surface area contributed by atoms with Crippen LogP contribution < -0.4 is 10.5 Å². The summed E-state index contributed by atoms with van der Waals surface area (Å²) < 4.78 is 5.49. The van der Waals surface area contributed by atoms with Gasteiger partial charge < -0.3 is 15.6 Å². The fourth-order valence-corrected chi connectivity index (χ4v) is 1.84. The molecule has 2 rings (SSSR count). The highest BCUT2D eigenvalue weighted by molar-refractivity contribution is 5.90. The van der Waals surface area contributed by atoms with E-state index in [2.05, 4.69) is 4.98 Å². The van der Waals surface area contributed by atoms with E-state index in [0.717, 1.165) is 5.56 Å². The van der Waals surface area contributed by atoms with Crippen molar-refractivity contribution in [3.63, 3.8) is 0 Å². The smallest absolute Gasteiger partial charge is 0.341 e. The summed E-state index contributed by atoms with van der Waals surface area (Å²) in [6.07, 6.45) is 3.43. The van der Waals surface area contributed by atoms with Crippen molar-refractivity contribution in [3.05, 3.63) is 59.9 Å². The number of ether oxygens (including phenoxy) is 1. The normalized spacial score (nSPS) is 11.8. The second-order valence-electron chi connectivity index (χ2n) is 4.44. The van der Waals surface area contributed by atoms with Gasteiger partial charge in [-0.3, -0.25) is 4.98 Å². The number of hydrogen-bond acceptors (Lipinski definition) is 4. The van der Waals surface area contributed by atoms with Crippen LogP contribution in [0.3, 0.4) is 0 Å². The molecule has 0 saturated heterocycles. The number of aromatic nitrogens is 1. The third kappa shape index (κ3) is 3.80. The number of carboxylic acids is 1. The van der Waals surface area contributed by atoms with Crippen LogP contribution in [-0.2, 0) is 6.42 Å². The highest BCUT2D eigenvalue weighted by atomic mass is 16.5. The van der Waals surface area contributed by atoms with E-state index in [0.29, 0.717) is 6.42 Å². The Labute approximate surface area is 117 Å². The molecular weight excluding hydrogens is 256 g/mol.